The fourth-order valence-corrected chi connectivity index (χ4v) is 2.79. The molecule has 0 bridgehead atoms. The van der Waals surface area contributed by atoms with Crippen LogP contribution in [0.4, 0.5) is 8.78 Å². The van der Waals surface area contributed by atoms with E-state index in [2.05, 4.69) is 30.7 Å². The molecular formula is C15H23F2N3. The zero-order valence-corrected chi connectivity index (χ0v) is 12.4. The van der Waals surface area contributed by atoms with Crippen molar-refractivity contribution in [3.63, 3.8) is 0 Å². The van der Waals surface area contributed by atoms with Gasteiger partial charge in [-0.15, -0.1) is 0 Å². The molecule has 0 amide bonds. The number of benzene rings is 1. The minimum absolute atomic E-state index is 0.00449. The predicted octanol–water partition coefficient (Wildman–Crippen LogP) is 1.99. The van der Waals surface area contributed by atoms with Crippen LogP contribution in [0.2, 0.25) is 0 Å². The minimum Gasteiger partial charge on any atom is -0.329 e. The highest BCUT2D eigenvalue weighted by atomic mass is 19.2. The molecule has 2 N–H and O–H groups in total. The molecule has 0 aromatic heterocycles. The molecule has 1 heterocycles. The van der Waals surface area contributed by atoms with Gasteiger partial charge in [-0.3, -0.25) is 9.80 Å². The Kier molecular flexibility index (Phi) is 4.42. The Balaban J connectivity index is 2.27. The van der Waals surface area contributed by atoms with E-state index in [-0.39, 0.29) is 18.1 Å². The number of rotatable bonds is 3. The second kappa shape index (κ2) is 5.76. The van der Waals surface area contributed by atoms with Crippen molar-refractivity contribution in [1.82, 2.24) is 9.80 Å². The second-order valence-corrected chi connectivity index (χ2v) is 6.10. The molecule has 5 heteroatoms. The Morgan fingerprint density at radius 1 is 1.30 bits per heavy atom. The molecule has 20 heavy (non-hydrogen) atoms. The first-order chi connectivity index (χ1) is 9.36. The Labute approximate surface area is 119 Å². The van der Waals surface area contributed by atoms with Gasteiger partial charge in [-0.05, 0) is 27.0 Å². The van der Waals surface area contributed by atoms with Gasteiger partial charge >= 0.3 is 0 Å². The zero-order chi connectivity index (χ0) is 14.9. The van der Waals surface area contributed by atoms with Gasteiger partial charge in [0.15, 0.2) is 11.6 Å². The normalized spacial score (nSPS) is 21.9. The number of halogens is 2. The Hall–Kier alpha value is -1.04. The van der Waals surface area contributed by atoms with Gasteiger partial charge in [-0.2, -0.15) is 0 Å². The van der Waals surface area contributed by atoms with Crippen molar-refractivity contribution in [2.45, 2.75) is 25.4 Å². The molecule has 112 valence electrons. The molecule has 0 radical (unpaired) electrons. The molecule has 1 aromatic carbocycles. The maximum absolute atomic E-state index is 14.0. The Morgan fingerprint density at radius 3 is 2.60 bits per heavy atom. The summed E-state index contributed by atoms with van der Waals surface area (Å²) >= 11 is 0. The van der Waals surface area contributed by atoms with E-state index in [1.807, 2.05) is 0 Å². The van der Waals surface area contributed by atoms with Gasteiger partial charge in [0.2, 0.25) is 0 Å². The van der Waals surface area contributed by atoms with E-state index in [4.69, 9.17) is 5.73 Å². The van der Waals surface area contributed by atoms with Crippen LogP contribution in [-0.4, -0.2) is 48.6 Å². The van der Waals surface area contributed by atoms with Crippen molar-refractivity contribution in [3.8, 4) is 0 Å². The molecule has 1 unspecified atom stereocenters. The maximum atomic E-state index is 14.0. The zero-order valence-electron chi connectivity index (χ0n) is 12.4. The SMILES string of the molecule is CN1CCN(C(CN)c2cccc(F)c2F)CC1(C)C. The largest absolute Gasteiger partial charge is 0.329 e. The van der Waals surface area contributed by atoms with Crippen LogP contribution in [0.1, 0.15) is 25.5 Å². The van der Waals surface area contributed by atoms with Crippen molar-refractivity contribution in [3.05, 3.63) is 35.4 Å². The van der Waals surface area contributed by atoms with Gasteiger partial charge < -0.3 is 5.73 Å². The number of nitrogens with two attached hydrogens (primary N) is 1. The average Bonchev–Trinajstić information content (AvgIpc) is 2.39. The second-order valence-electron chi connectivity index (χ2n) is 6.10. The average molecular weight is 283 g/mol. The molecule has 1 aromatic rings. The third-order valence-electron chi connectivity index (χ3n) is 4.35. The number of piperazine rings is 1. The molecule has 0 saturated carbocycles. The van der Waals surface area contributed by atoms with Gasteiger partial charge in [0.25, 0.3) is 0 Å². The number of nitrogens with zero attached hydrogens (tertiary/aromatic N) is 2. The summed E-state index contributed by atoms with van der Waals surface area (Å²) in [6.07, 6.45) is 0. The molecule has 0 spiro atoms. The predicted molar refractivity (Wildman–Crippen MR) is 76.4 cm³/mol. The topological polar surface area (TPSA) is 32.5 Å². The summed E-state index contributed by atoms with van der Waals surface area (Å²) in [4.78, 5) is 4.43. The lowest BCUT2D eigenvalue weighted by atomic mass is 9.96. The number of hydrogen-bond acceptors (Lipinski definition) is 3. The summed E-state index contributed by atoms with van der Waals surface area (Å²) in [6, 6.07) is 4.03. The highest BCUT2D eigenvalue weighted by molar-refractivity contribution is 5.23. The quantitative estimate of drug-likeness (QED) is 0.921. The first-order valence-electron chi connectivity index (χ1n) is 6.96. The van der Waals surface area contributed by atoms with Crippen LogP contribution in [-0.2, 0) is 0 Å². The van der Waals surface area contributed by atoms with Crippen LogP contribution in [0.15, 0.2) is 18.2 Å². The van der Waals surface area contributed by atoms with Crippen molar-refractivity contribution >= 4 is 0 Å². The summed E-state index contributed by atoms with van der Waals surface area (Å²) in [6.45, 7) is 7.04. The highest BCUT2D eigenvalue weighted by Crippen LogP contribution is 2.29. The van der Waals surface area contributed by atoms with Gasteiger partial charge in [0, 0.05) is 37.3 Å². The summed E-state index contributed by atoms with van der Waals surface area (Å²) in [5, 5.41) is 0. The lowest BCUT2D eigenvalue weighted by Gasteiger charge is -2.48. The van der Waals surface area contributed by atoms with Crippen molar-refractivity contribution in [2.24, 2.45) is 5.73 Å². The third-order valence-corrected chi connectivity index (χ3v) is 4.35. The van der Waals surface area contributed by atoms with E-state index >= 15 is 0 Å². The monoisotopic (exact) mass is 283 g/mol. The molecular weight excluding hydrogens is 260 g/mol. The first kappa shape index (κ1) is 15.4. The fraction of sp³-hybridized carbons (Fsp3) is 0.600. The Bertz CT molecular complexity index is 476. The van der Waals surface area contributed by atoms with Crippen molar-refractivity contribution < 1.29 is 8.78 Å². The van der Waals surface area contributed by atoms with Gasteiger partial charge in [0.1, 0.15) is 0 Å². The third kappa shape index (κ3) is 2.85. The number of likely N-dealkylation sites (N-methyl/N-ethyl adjacent to an activating group) is 1. The van der Waals surface area contributed by atoms with Crippen LogP contribution in [0, 0.1) is 11.6 Å². The lowest BCUT2D eigenvalue weighted by molar-refractivity contribution is 0.0171. The van der Waals surface area contributed by atoms with Crippen molar-refractivity contribution in [1.29, 1.82) is 0 Å². The Morgan fingerprint density at radius 2 is 2.00 bits per heavy atom. The molecule has 3 nitrogen and oxygen atoms in total. The van der Waals surface area contributed by atoms with Crippen LogP contribution in [0.5, 0.6) is 0 Å². The summed E-state index contributed by atoms with van der Waals surface area (Å²) in [5.41, 5.74) is 6.18. The smallest absolute Gasteiger partial charge is 0.163 e. The van der Waals surface area contributed by atoms with Crippen LogP contribution in [0.25, 0.3) is 0 Å². The minimum atomic E-state index is -0.811. The maximum Gasteiger partial charge on any atom is 0.163 e. The number of hydrogen-bond donors (Lipinski definition) is 1. The summed E-state index contributed by atoms with van der Waals surface area (Å²) in [5.74, 6) is -1.59. The van der Waals surface area contributed by atoms with Crippen LogP contribution < -0.4 is 5.73 Å². The first-order valence-corrected chi connectivity index (χ1v) is 6.96. The molecule has 1 fully saturated rings. The molecule has 2 rings (SSSR count). The van der Waals surface area contributed by atoms with E-state index < -0.39 is 11.6 Å². The standard InChI is InChI=1S/C15H23F2N3/c1-15(2)10-20(8-7-19(15)3)13(9-18)11-5-4-6-12(16)14(11)17/h4-6,13H,7-10,18H2,1-3H3. The van der Waals surface area contributed by atoms with Gasteiger partial charge in [-0.1, -0.05) is 12.1 Å². The van der Waals surface area contributed by atoms with E-state index in [0.717, 1.165) is 25.7 Å². The molecule has 1 aliphatic heterocycles. The van der Waals surface area contributed by atoms with Gasteiger partial charge in [-0.25, -0.2) is 8.78 Å². The van der Waals surface area contributed by atoms with E-state index in [9.17, 15) is 8.78 Å². The summed E-state index contributed by atoms with van der Waals surface area (Å²) in [7, 11) is 2.08. The fourth-order valence-electron chi connectivity index (χ4n) is 2.79. The molecule has 1 saturated heterocycles. The highest BCUT2D eigenvalue weighted by Gasteiger charge is 2.35. The van der Waals surface area contributed by atoms with E-state index in [1.165, 1.54) is 6.07 Å². The van der Waals surface area contributed by atoms with Crippen LogP contribution >= 0.6 is 0 Å². The van der Waals surface area contributed by atoms with E-state index in [0.29, 0.717) is 5.56 Å². The molecule has 0 aliphatic carbocycles. The molecule has 1 aliphatic rings. The van der Waals surface area contributed by atoms with E-state index in [1.54, 1.807) is 6.07 Å². The summed E-state index contributed by atoms with van der Waals surface area (Å²) < 4.78 is 27.4. The van der Waals surface area contributed by atoms with Crippen LogP contribution in [0.3, 0.4) is 0 Å². The van der Waals surface area contributed by atoms with Gasteiger partial charge in [0.05, 0.1) is 6.04 Å². The van der Waals surface area contributed by atoms with Crippen molar-refractivity contribution in [2.75, 3.05) is 33.2 Å². The lowest BCUT2D eigenvalue weighted by Crippen LogP contribution is -2.58. The molecule has 1 atom stereocenters.